The molecule has 0 aliphatic carbocycles. The zero-order valence-corrected chi connectivity index (χ0v) is 21.1. The average molecular weight is 563 g/mol. The number of aliphatic carboxylic acids is 1. The maximum absolute atomic E-state index is 10.9. The highest BCUT2D eigenvalue weighted by Crippen LogP contribution is 2.41. The summed E-state index contributed by atoms with van der Waals surface area (Å²) in [5, 5.41) is 19.8. The van der Waals surface area contributed by atoms with E-state index < -0.39 is 5.97 Å². The SMILES string of the molecule is CC(C)c1cc(Oc2c(Br)cc(CCC(=O)O)cc2Br)cc(CCc2ccncc2)c1O. The van der Waals surface area contributed by atoms with Crippen LogP contribution < -0.4 is 4.74 Å². The lowest BCUT2D eigenvalue weighted by Crippen LogP contribution is -2.00. The van der Waals surface area contributed by atoms with Gasteiger partial charge >= 0.3 is 5.97 Å². The summed E-state index contributed by atoms with van der Waals surface area (Å²) in [7, 11) is 0. The molecule has 7 heteroatoms. The molecule has 0 amide bonds. The molecule has 2 aromatic carbocycles. The fraction of sp³-hybridized carbons (Fsp3) is 0.280. The molecule has 0 spiro atoms. The number of aryl methyl sites for hydroxylation is 3. The quantitative estimate of drug-likeness (QED) is 0.292. The number of carboxylic acids is 1. The summed E-state index contributed by atoms with van der Waals surface area (Å²) in [6, 6.07) is 11.4. The van der Waals surface area contributed by atoms with Gasteiger partial charge in [-0.25, -0.2) is 0 Å². The summed E-state index contributed by atoms with van der Waals surface area (Å²) >= 11 is 7.09. The molecule has 0 radical (unpaired) electrons. The summed E-state index contributed by atoms with van der Waals surface area (Å²) in [5.41, 5.74) is 3.70. The molecule has 2 N–H and O–H groups in total. The first-order chi connectivity index (χ1) is 15.2. The maximum Gasteiger partial charge on any atom is 0.303 e. The number of halogens is 2. The standard InChI is InChI=1S/C25H25Br2NO4/c1-15(2)20-14-19(13-18(24(20)31)5-3-16-7-9-28-10-8-16)32-25-21(26)11-17(12-22(25)27)4-6-23(29)30/h7-15,31H,3-6H2,1-2H3,(H,29,30). The Bertz CT molecular complexity index is 1080. The van der Waals surface area contributed by atoms with Gasteiger partial charge < -0.3 is 14.9 Å². The van der Waals surface area contributed by atoms with Crippen molar-refractivity contribution in [1.29, 1.82) is 0 Å². The molecule has 0 unspecified atom stereocenters. The van der Waals surface area contributed by atoms with E-state index in [-0.39, 0.29) is 12.3 Å². The van der Waals surface area contributed by atoms with E-state index in [0.717, 1.165) is 37.6 Å². The van der Waals surface area contributed by atoms with Gasteiger partial charge in [-0.3, -0.25) is 9.78 Å². The number of nitrogens with zero attached hydrogens (tertiary/aromatic N) is 1. The molecule has 5 nitrogen and oxygen atoms in total. The molecule has 0 bridgehead atoms. The second-order valence-corrected chi connectivity index (χ2v) is 9.62. The number of pyridine rings is 1. The zero-order valence-electron chi connectivity index (χ0n) is 17.9. The topological polar surface area (TPSA) is 79.7 Å². The minimum Gasteiger partial charge on any atom is -0.507 e. The van der Waals surface area contributed by atoms with Gasteiger partial charge in [0.2, 0.25) is 0 Å². The Hall–Kier alpha value is -2.38. The molecule has 0 atom stereocenters. The number of aromatic hydroxyl groups is 1. The monoisotopic (exact) mass is 561 g/mol. The highest BCUT2D eigenvalue weighted by atomic mass is 79.9. The van der Waals surface area contributed by atoms with Crippen LogP contribution in [0.5, 0.6) is 17.2 Å². The second-order valence-electron chi connectivity index (χ2n) is 7.91. The van der Waals surface area contributed by atoms with E-state index >= 15 is 0 Å². The fourth-order valence-corrected chi connectivity index (χ4v) is 4.87. The molecule has 0 saturated heterocycles. The van der Waals surface area contributed by atoms with E-state index in [2.05, 4.69) is 36.8 Å². The minimum atomic E-state index is -0.831. The number of carbonyl (C=O) groups is 1. The first-order valence-electron chi connectivity index (χ1n) is 10.4. The highest BCUT2D eigenvalue weighted by Gasteiger charge is 2.17. The van der Waals surface area contributed by atoms with E-state index in [1.54, 1.807) is 12.4 Å². The van der Waals surface area contributed by atoms with Crippen molar-refractivity contribution in [3.63, 3.8) is 0 Å². The van der Waals surface area contributed by atoms with Crippen LogP contribution in [0.25, 0.3) is 0 Å². The van der Waals surface area contributed by atoms with Gasteiger partial charge in [0.15, 0.2) is 5.75 Å². The number of ether oxygens (including phenoxy) is 1. The van der Waals surface area contributed by atoms with Crippen LogP contribution in [0.3, 0.4) is 0 Å². The number of hydrogen-bond acceptors (Lipinski definition) is 4. The molecule has 168 valence electrons. The van der Waals surface area contributed by atoms with Crippen molar-refractivity contribution in [1.82, 2.24) is 4.98 Å². The van der Waals surface area contributed by atoms with Gasteiger partial charge in [0.25, 0.3) is 0 Å². The number of carboxylic acid groups (broad SMARTS) is 1. The highest BCUT2D eigenvalue weighted by molar-refractivity contribution is 9.11. The molecule has 1 heterocycles. The first kappa shape index (κ1) is 24.3. The Balaban J connectivity index is 1.88. The van der Waals surface area contributed by atoms with E-state index in [0.29, 0.717) is 30.1 Å². The summed E-state index contributed by atoms with van der Waals surface area (Å²) in [5.74, 6) is 0.842. The molecular formula is C25H25Br2NO4. The van der Waals surface area contributed by atoms with Crippen molar-refractivity contribution in [2.45, 2.75) is 45.4 Å². The Kier molecular flexibility index (Phi) is 8.32. The molecule has 0 aliphatic heterocycles. The number of phenolic OH excluding ortho intramolecular Hbond substituents is 1. The van der Waals surface area contributed by atoms with Gasteiger partial charge in [-0.05, 0) is 110 Å². The van der Waals surface area contributed by atoms with Crippen LogP contribution in [0.4, 0.5) is 0 Å². The van der Waals surface area contributed by atoms with Crippen molar-refractivity contribution < 1.29 is 19.7 Å². The lowest BCUT2D eigenvalue weighted by Gasteiger charge is -2.17. The molecule has 32 heavy (non-hydrogen) atoms. The third-order valence-corrected chi connectivity index (χ3v) is 6.33. The zero-order chi connectivity index (χ0) is 23.3. The number of hydrogen-bond donors (Lipinski definition) is 2. The van der Waals surface area contributed by atoms with Crippen molar-refractivity contribution in [2.24, 2.45) is 0 Å². The first-order valence-corrected chi connectivity index (χ1v) is 12.0. The van der Waals surface area contributed by atoms with Gasteiger partial charge in [0.05, 0.1) is 8.95 Å². The molecule has 1 aromatic heterocycles. The fourth-order valence-electron chi connectivity index (χ4n) is 3.43. The normalized spacial score (nSPS) is 11.0. The number of aromatic nitrogens is 1. The van der Waals surface area contributed by atoms with Crippen LogP contribution in [-0.2, 0) is 24.1 Å². The summed E-state index contributed by atoms with van der Waals surface area (Å²) in [6.45, 7) is 4.07. The van der Waals surface area contributed by atoms with Gasteiger partial charge in [-0.1, -0.05) is 13.8 Å². The van der Waals surface area contributed by atoms with Crippen molar-refractivity contribution in [3.8, 4) is 17.2 Å². The lowest BCUT2D eigenvalue weighted by atomic mass is 9.95. The van der Waals surface area contributed by atoms with E-state index in [9.17, 15) is 9.90 Å². The van der Waals surface area contributed by atoms with Crippen LogP contribution in [0, 0.1) is 0 Å². The van der Waals surface area contributed by atoms with Crippen LogP contribution in [-0.4, -0.2) is 21.2 Å². The number of benzene rings is 2. The third kappa shape index (κ3) is 6.33. The van der Waals surface area contributed by atoms with E-state index in [1.807, 2.05) is 50.2 Å². The van der Waals surface area contributed by atoms with Crippen molar-refractivity contribution >= 4 is 37.8 Å². The number of phenols is 1. The predicted octanol–water partition coefficient (Wildman–Crippen LogP) is 7.03. The van der Waals surface area contributed by atoms with Gasteiger partial charge in [-0.2, -0.15) is 0 Å². The molecular weight excluding hydrogens is 538 g/mol. The minimum absolute atomic E-state index is 0.0651. The van der Waals surface area contributed by atoms with Crippen LogP contribution >= 0.6 is 31.9 Å². The van der Waals surface area contributed by atoms with Crippen LogP contribution in [0.15, 0.2) is 57.7 Å². The Morgan fingerprint density at radius 1 is 1.00 bits per heavy atom. The van der Waals surface area contributed by atoms with E-state index in [4.69, 9.17) is 9.84 Å². The van der Waals surface area contributed by atoms with Gasteiger partial charge in [-0.15, -0.1) is 0 Å². The van der Waals surface area contributed by atoms with Gasteiger partial charge in [0.1, 0.15) is 11.5 Å². The molecule has 3 aromatic rings. The second kappa shape index (κ2) is 11.0. The van der Waals surface area contributed by atoms with Crippen LogP contribution in [0.1, 0.15) is 48.4 Å². The smallest absolute Gasteiger partial charge is 0.303 e. The summed E-state index contributed by atoms with van der Waals surface area (Å²) < 4.78 is 7.68. The lowest BCUT2D eigenvalue weighted by molar-refractivity contribution is -0.136. The van der Waals surface area contributed by atoms with E-state index in [1.165, 1.54) is 0 Å². The molecule has 3 rings (SSSR count). The van der Waals surface area contributed by atoms with Gasteiger partial charge in [0, 0.05) is 24.4 Å². The van der Waals surface area contributed by atoms with Crippen LogP contribution in [0.2, 0.25) is 0 Å². The van der Waals surface area contributed by atoms with Crippen molar-refractivity contribution in [3.05, 3.63) is 80.0 Å². The Morgan fingerprint density at radius 3 is 2.25 bits per heavy atom. The molecule has 0 aliphatic rings. The third-order valence-electron chi connectivity index (χ3n) is 5.15. The van der Waals surface area contributed by atoms with Crippen molar-refractivity contribution in [2.75, 3.05) is 0 Å². The number of rotatable bonds is 9. The Morgan fingerprint density at radius 2 is 1.66 bits per heavy atom. The average Bonchev–Trinajstić information content (AvgIpc) is 2.75. The maximum atomic E-state index is 10.9. The summed E-state index contributed by atoms with van der Waals surface area (Å²) in [4.78, 5) is 14.9. The molecule has 0 fully saturated rings. The largest absolute Gasteiger partial charge is 0.507 e. The molecule has 0 saturated carbocycles. The summed E-state index contributed by atoms with van der Waals surface area (Å²) in [6.07, 6.45) is 5.48. The predicted molar refractivity (Wildman–Crippen MR) is 132 cm³/mol. The Labute approximate surface area is 204 Å².